The molecule has 10 aromatic rings. The molecule has 10 rings (SSSR count). The van der Waals surface area contributed by atoms with E-state index >= 15 is 26.3 Å². The molecule has 330 valence electrons. The zero-order valence-electron chi connectivity index (χ0n) is 31.6. The number of pyridine rings is 3. The summed E-state index contributed by atoms with van der Waals surface area (Å²) in [5, 5.41) is 0. The van der Waals surface area contributed by atoms with Crippen molar-refractivity contribution in [2.24, 2.45) is 0 Å². The van der Waals surface area contributed by atoms with Gasteiger partial charge in [0.2, 0.25) is 17.5 Å². The predicted octanol–water partition coefficient (Wildman–Crippen LogP) is 11.0. The quantitative estimate of drug-likeness (QED) is 0.0937. The number of hydrogen-bond donors (Lipinski definition) is 0. The van der Waals surface area contributed by atoms with Crippen LogP contribution in [-0.4, -0.2) is 43.6 Å². The largest absolute Gasteiger partial charge is 0.271 e. The van der Waals surface area contributed by atoms with E-state index in [2.05, 4.69) is 29.9 Å². The summed E-state index contributed by atoms with van der Waals surface area (Å²) in [7, 11) is 0. The van der Waals surface area contributed by atoms with E-state index in [0.717, 1.165) is 36.8 Å². The molecule has 24 heteroatoms. The van der Waals surface area contributed by atoms with Crippen molar-refractivity contribution in [3.05, 3.63) is 160 Å². The zero-order valence-corrected chi connectivity index (χ0v) is 31.6. The Bertz CT molecular complexity index is 3270. The second-order valence-corrected chi connectivity index (χ2v) is 13.9. The van der Waals surface area contributed by atoms with E-state index < -0.39 is 155 Å². The highest BCUT2D eigenvalue weighted by molar-refractivity contribution is 5.88. The third-order valence-corrected chi connectivity index (χ3v) is 10.2. The van der Waals surface area contributed by atoms with Gasteiger partial charge in [0, 0.05) is 35.3 Å². The normalized spacial score (nSPS) is 11.9. The number of aromatic nitrogens is 9. The summed E-state index contributed by atoms with van der Waals surface area (Å²) in [6.07, 6.45) is 3.12. The van der Waals surface area contributed by atoms with E-state index in [1.165, 1.54) is 36.4 Å². The fourth-order valence-electron chi connectivity index (χ4n) is 7.34. The van der Waals surface area contributed by atoms with Crippen LogP contribution in [0.15, 0.2) is 73.2 Å². The van der Waals surface area contributed by atoms with Crippen molar-refractivity contribution in [3.8, 4) is 51.2 Å². The fourth-order valence-corrected chi connectivity index (χ4v) is 7.34. The lowest BCUT2D eigenvalue weighted by molar-refractivity contribution is 0.376. The summed E-state index contributed by atoms with van der Waals surface area (Å²) in [6, 6.07) is 10.1. The summed E-state index contributed by atoms with van der Waals surface area (Å²) in [4.78, 5) is 24.8. The van der Waals surface area contributed by atoms with E-state index in [1.807, 2.05) is 0 Å². The second-order valence-electron chi connectivity index (χ2n) is 13.9. The van der Waals surface area contributed by atoms with Crippen LogP contribution in [0.1, 0.15) is 0 Å². The molecule has 0 saturated carbocycles. The van der Waals surface area contributed by atoms with Crippen molar-refractivity contribution in [1.29, 1.82) is 0 Å². The van der Waals surface area contributed by atoms with Gasteiger partial charge in [-0.15, -0.1) is 0 Å². The Kier molecular flexibility index (Phi) is 9.40. The van der Waals surface area contributed by atoms with Crippen LogP contribution in [0.4, 0.5) is 65.9 Å². The van der Waals surface area contributed by atoms with Gasteiger partial charge < -0.3 is 0 Å². The Labute approximate surface area is 354 Å². The molecule has 0 aliphatic rings. The molecule has 0 unspecified atom stereocenters. The first-order valence-corrected chi connectivity index (χ1v) is 18.2. The molecule has 6 heterocycles. The molecule has 0 spiro atoms. The van der Waals surface area contributed by atoms with Crippen molar-refractivity contribution in [2.45, 2.75) is 0 Å². The number of rotatable bonds is 6. The molecular formula is C42H12F15N9. The predicted molar refractivity (Wildman–Crippen MR) is 199 cm³/mol. The number of imidazole rings is 3. The summed E-state index contributed by atoms with van der Waals surface area (Å²) < 4.78 is 228. The van der Waals surface area contributed by atoms with Gasteiger partial charge >= 0.3 is 0 Å². The van der Waals surface area contributed by atoms with Gasteiger partial charge in [-0.2, -0.15) is 0 Å². The van der Waals surface area contributed by atoms with Crippen molar-refractivity contribution in [1.82, 2.24) is 43.6 Å². The number of hydrogen-bond acceptors (Lipinski definition) is 6. The topological polar surface area (TPSA) is 92.1 Å². The average Bonchev–Trinajstić information content (AvgIpc) is 4.03. The highest BCUT2D eigenvalue weighted by Crippen LogP contribution is 2.41. The third kappa shape index (κ3) is 5.85. The summed E-state index contributed by atoms with van der Waals surface area (Å²) >= 11 is 0. The van der Waals surface area contributed by atoms with Crippen LogP contribution < -0.4 is 0 Å². The van der Waals surface area contributed by atoms with Crippen LogP contribution in [-0.2, 0) is 0 Å². The Morgan fingerprint density at radius 2 is 0.500 bits per heavy atom. The van der Waals surface area contributed by atoms with Gasteiger partial charge in [0.05, 0.1) is 0 Å². The highest BCUT2D eigenvalue weighted by Gasteiger charge is 2.35. The Hall–Kier alpha value is -8.31. The summed E-state index contributed by atoms with van der Waals surface area (Å²) in [5.41, 5.74) is -9.25. The minimum Gasteiger partial charge on any atom is -0.271 e. The first-order chi connectivity index (χ1) is 31.5. The lowest BCUT2D eigenvalue weighted by atomic mass is 10.0. The number of benzene rings is 4. The number of fused-ring (bicyclic) bond motifs is 3. The lowest BCUT2D eigenvalue weighted by Gasteiger charge is -2.17. The van der Waals surface area contributed by atoms with Crippen LogP contribution in [0.5, 0.6) is 0 Å². The van der Waals surface area contributed by atoms with Gasteiger partial charge in [-0.05, 0) is 54.6 Å². The van der Waals surface area contributed by atoms with Gasteiger partial charge in [0.1, 0.15) is 51.1 Å². The van der Waals surface area contributed by atoms with Crippen molar-refractivity contribution >= 4 is 33.5 Å². The Balaban J connectivity index is 1.38. The molecule has 0 bridgehead atoms. The van der Waals surface area contributed by atoms with Crippen molar-refractivity contribution in [2.75, 3.05) is 0 Å². The molecule has 0 saturated heterocycles. The summed E-state index contributed by atoms with van der Waals surface area (Å²) in [6.45, 7) is 0. The monoisotopic (exact) mass is 927 g/mol. The maximum Gasteiger partial charge on any atom is 0.200 e. The van der Waals surface area contributed by atoms with Gasteiger partial charge in [0.15, 0.2) is 86.7 Å². The molecule has 0 amide bonds. The SMILES string of the molecule is Fc1c(F)c(F)c(-n2c(-c3cc(-c4nc5cccnc5n4-c4c(F)c(F)c(F)c(F)c4F)cc(-c4nc5cccnc5n4-c4c(F)c(F)c(F)c(F)c4F)c3)nc3cccnc32)c(F)c1F. The molecule has 0 N–H and O–H groups in total. The molecule has 6 aromatic heterocycles. The van der Waals surface area contributed by atoms with E-state index in [0.29, 0.717) is 13.7 Å². The van der Waals surface area contributed by atoms with Gasteiger partial charge in [-0.1, -0.05) is 0 Å². The first kappa shape index (κ1) is 41.7. The van der Waals surface area contributed by atoms with Gasteiger partial charge in [0.25, 0.3) is 0 Å². The van der Waals surface area contributed by atoms with Crippen molar-refractivity contribution < 1.29 is 65.9 Å². The number of halogens is 15. The highest BCUT2D eigenvalue weighted by atomic mass is 19.2. The van der Waals surface area contributed by atoms with Crippen LogP contribution in [0.3, 0.4) is 0 Å². The van der Waals surface area contributed by atoms with Gasteiger partial charge in [-0.3, -0.25) is 13.7 Å². The minimum atomic E-state index is -2.56. The van der Waals surface area contributed by atoms with E-state index in [-0.39, 0.29) is 16.6 Å². The molecule has 0 aliphatic carbocycles. The van der Waals surface area contributed by atoms with Crippen LogP contribution in [0, 0.1) is 87.3 Å². The van der Waals surface area contributed by atoms with Crippen LogP contribution >= 0.6 is 0 Å². The molecule has 0 aliphatic heterocycles. The molecule has 9 nitrogen and oxygen atoms in total. The average molecular weight is 928 g/mol. The molecule has 66 heavy (non-hydrogen) atoms. The molecule has 0 radical (unpaired) electrons. The molecule has 4 aromatic carbocycles. The van der Waals surface area contributed by atoms with Crippen molar-refractivity contribution in [3.63, 3.8) is 0 Å². The molecule has 0 atom stereocenters. The lowest BCUT2D eigenvalue weighted by Crippen LogP contribution is -2.12. The van der Waals surface area contributed by atoms with E-state index in [4.69, 9.17) is 0 Å². The van der Waals surface area contributed by atoms with E-state index in [1.54, 1.807) is 0 Å². The van der Waals surface area contributed by atoms with Crippen LogP contribution in [0.2, 0.25) is 0 Å². The minimum absolute atomic E-state index is 0.293. The first-order valence-electron chi connectivity index (χ1n) is 18.2. The summed E-state index contributed by atoms with van der Waals surface area (Å²) in [5.74, 6) is -39.0. The zero-order chi connectivity index (χ0) is 46.8. The Morgan fingerprint density at radius 1 is 0.288 bits per heavy atom. The smallest absolute Gasteiger partial charge is 0.200 e. The van der Waals surface area contributed by atoms with E-state index in [9.17, 15) is 39.5 Å². The maximum absolute atomic E-state index is 15.8. The standard InChI is InChI=1S/C42H12F15N9/c43-19-22(46)28(52)34(29(53)23(19)47)64-37(61-16-4-1-7-58-40(16)64)13-10-14(38-62-17-5-2-8-59-41(17)65(38)35-30(54)24(48)20(44)25(49)31(35)55)12-15(11-13)39-63-18-6-3-9-60-42(18)66(39)36-32(56)26(50)21(45)27(51)33(36)57/h1-12H. The molecular weight excluding hydrogens is 915 g/mol. The third-order valence-electron chi connectivity index (χ3n) is 10.2. The number of nitrogens with zero attached hydrogens (tertiary/aromatic N) is 9. The molecule has 0 fully saturated rings. The van der Waals surface area contributed by atoms with Gasteiger partial charge in [-0.25, -0.2) is 95.8 Å². The Morgan fingerprint density at radius 3 is 0.727 bits per heavy atom. The maximum atomic E-state index is 15.8. The van der Waals surface area contributed by atoms with Crippen LogP contribution in [0.25, 0.3) is 84.7 Å². The second kappa shape index (κ2) is 14.9. The fraction of sp³-hybridized carbons (Fsp3) is 0.